The van der Waals surface area contributed by atoms with E-state index in [1.165, 1.54) is 12.8 Å². The van der Waals surface area contributed by atoms with Crippen LogP contribution in [0.2, 0.25) is 5.02 Å². The van der Waals surface area contributed by atoms with Gasteiger partial charge in [-0.3, -0.25) is 9.59 Å². The van der Waals surface area contributed by atoms with Gasteiger partial charge in [0.25, 0.3) is 0 Å². The van der Waals surface area contributed by atoms with E-state index in [4.69, 9.17) is 17.3 Å². The average molecular weight is 321 g/mol. The molecule has 1 saturated carbocycles. The number of piperidine rings is 1. The first kappa shape index (κ1) is 15.3. The Labute approximate surface area is 135 Å². The van der Waals surface area contributed by atoms with Crippen LogP contribution in [0.3, 0.4) is 0 Å². The Morgan fingerprint density at radius 3 is 2.45 bits per heavy atom. The predicted molar refractivity (Wildman–Crippen MR) is 85.2 cm³/mol. The molecule has 2 N–H and O–H groups in total. The van der Waals surface area contributed by atoms with Crippen molar-refractivity contribution in [3.05, 3.63) is 34.9 Å². The maximum absolute atomic E-state index is 12.8. The van der Waals surface area contributed by atoms with Crippen LogP contribution in [0, 0.1) is 11.8 Å². The molecule has 2 atom stereocenters. The van der Waals surface area contributed by atoms with Crippen LogP contribution in [0.1, 0.15) is 43.7 Å². The third kappa shape index (κ3) is 3.43. The number of likely N-dealkylation sites (tertiary alicyclic amines) is 1. The van der Waals surface area contributed by atoms with Gasteiger partial charge in [-0.15, -0.1) is 0 Å². The molecule has 0 spiro atoms. The SMILES string of the molecule is NC(=O)CC1CC[C@@H](c2ccc(Cl)cc2)N(CC2CC2)C1=O. The van der Waals surface area contributed by atoms with E-state index in [-0.39, 0.29) is 24.3 Å². The lowest BCUT2D eigenvalue weighted by atomic mass is 9.86. The first-order chi connectivity index (χ1) is 10.5. The summed E-state index contributed by atoms with van der Waals surface area (Å²) in [5, 5.41) is 0.700. The van der Waals surface area contributed by atoms with Crippen molar-refractivity contribution >= 4 is 23.4 Å². The average Bonchev–Trinajstić information content (AvgIpc) is 3.28. The van der Waals surface area contributed by atoms with Crippen molar-refractivity contribution in [1.82, 2.24) is 4.90 Å². The lowest BCUT2D eigenvalue weighted by Gasteiger charge is -2.39. The van der Waals surface area contributed by atoms with Crippen LogP contribution >= 0.6 is 11.6 Å². The Balaban J connectivity index is 1.81. The quantitative estimate of drug-likeness (QED) is 0.906. The summed E-state index contributed by atoms with van der Waals surface area (Å²) in [5.74, 6) is 0.0532. The maximum Gasteiger partial charge on any atom is 0.226 e. The second kappa shape index (κ2) is 6.29. The first-order valence-corrected chi connectivity index (χ1v) is 8.26. The normalized spacial score (nSPS) is 25.3. The molecule has 118 valence electrons. The Morgan fingerprint density at radius 2 is 1.86 bits per heavy atom. The molecule has 0 radical (unpaired) electrons. The molecular weight excluding hydrogens is 300 g/mol. The molecule has 5 heteroatoms. The van der Waals surface area contributed by atoms with Gasteiger partial charge >= 0.3 is 0 Å². The minimum absolute atomic E-state index is 0.0805. The Hall–Kier alpha value is -1.55. The minimum Gasteiger partial charge on any atom is -0.370 e. The Bertz CT molecular complexity index is 569. The highest BCUT2D eigenvalue weighted by Crippen LogP contribution is 2.39. The molecule has 2 amide bonds. The van der Waals surface area contributed by atoms with Crippen molar-refractivity contribution < 1.29 is 9.59 Å². The number of nitrogens with two attached hydrogens (primary N) is 1. The molecule has 1 heterocycles. The fourth-order valence-corrected chi connectivity index (χ4v) is 3.41. The molecule has 2 fully saturated rings. The highest BCUT2D eigenvalue weighted by atomic mass is 35.5. The number of hydrogen-bond donors (Lipinski definition) is 1. The van der Waals surface area contributed by atoms with Gasteiger partial charge < -0.3 is 10.6 Å². The summed E-state index contributed by atoms with van der Waals surface area (Å²) in [5.41, 5.74) is 6.40. The molecule has 0 bridgehead atoms. The third-order valence-corrected chi connectivity index (χ3v) is 4.90. The van der Waals surface area contributed by atoms with Crippen molar-refractivity contribution in [2.75, 3.05) is 6.54 Å². The fraction of sp³-hybridized carbons (Fsp3) is 0.529. The summed E-state index contributed by atoms with van der Waals surface area (Å²) in [7, 11) is 0. The Kier molecular flexibility index (Phi) is 4.39. The third-order valence-electron chi connectivity index (χ3n) is 4.65. The molecule has 1 aromatic carbocycles. The number of benzene rings is 1. The van der Waals surface area contributed by atoms with Crippen molar-refractivity contribution in [1.29, 1.82) is 0 Å². The van der Waals surface area contributed by atoms with Gasteiger partial charge in [0.1, 0.15) is 0 Å². The molecule has 2 aliphatic rings. The highest BCUT2D eigenvalue weighted by molar-refractivity contribution is 6.30. The molecule has 4 nitrogen and oxygen atoms in total. The first-order valence-electron chi connectivity index (χ1n) is 7.89. The van der Waals surface area contributed by atoms with E-state index in [0.717, 1.165) is 24.9 Å². The summed E-state index contributed by atoms with van der Waals surface area (Å²) >= 11 is 5.96. The van der Waals surface area contributed by atoms with E-state index in [1.807, 2.05) is 29.2 Å². The summed E-state index contributed by atoms with van der Waals surface area (Å²) < 4.78 is 0. The van der Waals surface area contributed by atoms with Gasteiger partial charge in [0.2, 0.25) is 11.8 Å². The summed E-state index contributed by atoms with van der Waals surface area (Å²) in [6.45, 7) is 0.793. The van der Waals surface area contributed by atoms with Crippen molar-refractivity contribution in [3.63, 3.8) is 0 Å². The Morgan fingerprint density at radius 1 is 1.18 bits per heavy atom. The van der Waals surface area contributed by atoms with Crippen molar-refractivity contribution in [2.45, 2.75) is 38.1 Å². The zero-order valence-corrected chi connectivity index (χ0v) is 13.3. The molecule has 1 unspecified atom stereocenters. The van der Waals surface area contributed by atoms with Gasteiger partial charge in [-0.05, 0) is 49.3 Å². The fourth-order valence-electron chi connectivity index (χ4n) is 3.29. The van der Waals surface area contributed by atoms with Gasteiger partial charge in [0.05, 0.1) is 6.04 Å². The number of rotatable bonds is 5. The summed E-state index contributed by atoms with van der Waals surface area (Å²) in [4.78, 5) is 25.9. The molecule has 1 aromatic rings. The van der Waals surface area contributed by atoms with Crippen LogP contribution < -0.4 is 5.73 Å². The molecule has 0 aromatic heterocycles. The summed E-state index contributed by atoms with van der Waals surface area (Å²) in [6.07, 6.45) is 4.14. The predicted octanol–water partition coefficient (Wildman–Crippen LogP) is 2.91. The largest absolute Gasteiger partial charge is 0.370 e. The second-order valence-corrected chi connectivity index (χ2v) is 6.88. The monoisotopic (exact) mass is 320 g/mol. The maximum atomic E-state index is 12.8. The van der Waals surface area contributed by atoms with E-state index in [0.29, 0.717) is 10.9 Å². The van der Waals surface area contributed by atoms with Crippen LogP contribution in [0.15, 0.2) is 24.3 Å². The van der Waals surface area contributed by atoms with E-state index in [9.17, 15) is 9.59 Å². The van der Waals surface area contributed by atoms with Crippen LogP contribution in [0.25, 0.3) is 0 Å². The number of halogens is 1. The minimum atomic E-state index is -0.394. The lowest BCUT2D eigenvalue weighted by molar-refractivity contribution is -0.144. The van der Waals surface area contributed by atoms with E-state index >= 15 is 0 Å². The number of nitrogens with zero attached hydrogens (tertiary/aromatic N) is 1. The topological polar surface area (TPSA) is 63.4 Å². The van der Waals surface area contributed by atoms with Crippen LogP contribution in [0.5, 0.6) is 0 Å². The standard InChI is InChI=1S/C17H21ClN2O2/c18-14-6-3-12(4-7-14)15-8-5-13(9-16(19)21)17(22)20(15)10-11-1-2-11/h3-4,6-7,11,13,15H,1-2,5,8-10H2,(H2,19,21)/t13?,15-/m0/s1. The number of carbonyl (C=O) groups is 2. The molecule has 22 heavy (non-hydrogen) atoms. The van der Waals surface area contributed by atoms with Crippen LogP contribution in [-0.2, 0) is 9.59 Å². The van der Waals surface area contributed by atoms with Gasteiger partial charge in [0.15, 0.2) is 0 Å². The highest BCUT2D eigenvalue weighted by Gasteiger charge is 2.39. The number of amides is 2. The van der Waals surface area contributed by atoms with Gasteiger partial charge in [-0.2, -0.15) is 0 Å². The molecule has 1 aliphatic heterocycles. The van der Waals surface area contributed by atoms with Crippen LogP contribution in [-0.4, -0.2) is 23.3 Å². The van der Waals surface area contributed by atoms with Crippen molar-refractivity contribution in [2.24, 2.45) is 17.6 Å². The van der Waals surface area contributed by atoms with Gasteiger partial charge in [-0.1, -0.05) is 23.7 Å². The van der Waals surface area contributed by atoms with Gasteiger partial charge in [0, 0.05) is 23.9 Å². The second-order valence-electron chi connectivity index (χ2n) is 6.45. The zero-order chi connectivity index (χ0) is 15.7. The van der Waals surface area contributed by atoms with E-state index in [2.05, 4.69) is 0 Å². The number of primary amides is 1. The van der Waals surface area contributed by atoms with E-state index < -0.39 is 5.91 Å². The summed E-state index contributed by atoms with van der Waals surface area (Å²) in [6, 6.07) is 7.82. The molecule has 1 aliphatic carbocycles. The number of hydrogen-bond acceptors (Lipinski definition) is 2. The van der Waals surface area contributed by atoms with Crippen LogP contribution in [0.4, 0.5) is 0 Å². The van der Waals surface area contributed by atoms with Crippen molar-refractivity contribution in [3.8, 4) is 0 Å². The smallest absolute Gasteiger partial charge is 0.226 e. The van der Waals surface area contributed by atoms with E-state index in [1.54, 1.807) is 0 Å². The molecule has 3 rings (SSSR count). The number of carbonyl (C=O) groups excluding carboxylic acids is 2. The van der Waals surface area contributed by atoms with Gasteiger partial charge in [-0.25, -0.2) is 0 Å². The molecule has 1 saturated heterocycles. The molecular formula is C17H21ClN2O2. The zero-order valence-electron chi connectivity index (χ0n) is 12.5. The lowest BCUT2D eigenvalue weighted by Crippen LogP contribution is -2.45.